The number of nitrogens with zero attached hydrogens (tertiary/aromatic N) is 1. The number of hydrogen-bond acceptors (Lipinski definition) is 3. The van der Waals surface area contributed by atoms with E-state index >= 15 is 0 Å². The van der Waals surface area contributed by atoms with E-state index in [1.165, 1.54) is 12.1 Å². The molecule has 0 saturated carbocycles. The maximum absolute atomic E-state index is 13.8. The molecule has 1 atom stereocenters. The highest BCUT2D eigenvalue weighted by Crippen LogP contribution is 2.16. The normalized spacial score (nSPS) is 11.6. The van der Waals surface area contributed by atoms with Crippen LogP contribution in [0.1, 0.15) is 91.1 Å². The molecule has 0 unspecified atom stereocenters. The van der Waals surface area contributed by atoms with Crippen LogP contribution in [0, 0.1) is 18.6 Å². The van der Waals surface area contributed by atoms with E-state index in [1.807, 2.05) is 27.7 Å². The van der Waals surface area contributed by atoms with E-state index in [0.29, 0.717) is 55.6 Å². The Kier molecular flexibility index (Phi) is 12.9. The molecule has 3 amide bonds. The second-order valence-electron chi connectivity index (χ2n) is 9.77. The molecule has 0 aliphatic heterocycles. The van der Waals surface area contributed by atoms with Gasteiger partial charge in [-0.25, -0.2) is 8.78 Å². The topological polar surface area (TPSA) is 78.5 Å². The number of benzene rings is 2. The number of carbonyl (C=O) groups excluding carboxylic acids is 3. The lowest BCUT2D eigenvalue weighted by Gasteiger charge is -2.22. The molecule has 8 heteroatoms. The molecule has 0 aromatic heterocycles. The maximum Gasteiger partial charge on any atom is 0.253 e. The van der Waals surface area contributed by atoms with E-state index in [-0.39, 0.29) is 24.1 Å². The predicted octanol–water partition coefficient (Wildman–Crippen LogP) is 5.57. The molecule has 0 aliphatic carbocycles. The molecule has 0 aliphatic rings. The van der Waals surface area contributed by atoms with Crippen molar-refractivity contribution in [3.63, 3.8) is 0 Å². The number of nitrogens with one attached hydrogen (secondary N) is 2. The Balaban J connectivity index is 2.20. The molecule has 0 spiro atoms. The summed E-state index contributed by atoms with van der Waals surface area (Å²) in [4.78, 5) is 40.0. The standard InChI is InChI=1S/C30H41F2N3O3/c1-5-9-28(36)33-11-8-10-27(18-22-16-25(31)20-26(32)17-22)34-29(37)23-14-21(4)15-24(19-23)30(38)35(12-6-2)13-7-3/h14-17,19-20,27H,5-13,18H2,1-4H3,(H,33,36)(H,34,37)/t27-/m1/s1. The Morgan fingerprint density at radius 3 is 2.11 bits per heavy atom. The summed E-state index contributed by atoms with van der Waals surface area (Å²) >= 11 is 0. The third-order valence-electron chi connectivity index (χ3n) is 6.13. The number of hydrogen-bond donors (Lipinski definition) is 2. The maximum atomic E-state index is 13.8. The molecule has 0 fully saturated rings. The van der Waals surface area contributed by atoms with Crippen LogP contribution < -0.4 is 10.6 Å². The fourth-order valence-corrected chi connectivity index (χ4v) is 4.47. The Hall–Kier alpha value is -3.29. The smallest absolute Gasteiger partial charge is 0.253 e. The number of carbonyl (C=O) groups is 3. The number of rotatable bonds is 15. The summed E-state index contributed by atoms with van der Waals surface area (Å²) in [5, 5.41) is 5.84. The van der Waals surface area contributed by atoms with Crippen molar-refractivity contribution in [1.82, 2.24) is 15.5 Å². The van der Waals surface area contributed by atoms with Gasteiger partial charge in [-0.05, 0) is 86.9 Å². The highest BCUT2D eigenvalue weighted by atomic mass is 19.1. The molecule has 2 aromatic carbocycles. The van der Waals surface area contributed by atoms with E-state index in [0.717, 1.165) is 30.9 Å². The number of halogens is 2. The fourth-order valence-electron chi connectivity index (χ4n) is 4.47. The first-order valence-corrected chi connectivity index (χ1v) is 13.6. The van der Waals surface area contributed by atoms with Crippen LogP contribution >= 0.6 is 0 Å². The molecule has 38 heavy (non-hydrogen) atoms. The number of aryl methyl sites for hydroxylation is 1. The largest absolute Gasteiger partial charge is 0.356 e. The van der Waals surface area contributed by atoms with Gasteiger partial charge in [0.05, 0.1) is 0 Å². The second-order valence-corrected chi connectivity index (χ2v) is 9.77. The van der Waals surface area contributed by atoms with E-state index in [4.69, 9.17) is 0 Å². The molecule has 6 nitrogen and oxygen atoms in total. The van der Waals surface area contributed by atoms with Crippen molar-refractivity contribution in [3.05, 3.63) is 70.3 Å². The average molecular weight is 530 g/mol. The van der Waals surface area contributed by atoms with Crippen molar-refractivity contribution in [2.45, 2.75) is 78.7 Å². The summed E-state index contributed by atoms with van der Waals surface area (Å²) in [6.45, 7) is 9.53. The summed E-state index contributed by atoms with van der Waals surface area (Å²) in [5.41, 5.74) is 2.03. The Labute approximate surface area is 225 Å². The van der Waals surface area contributed by atoms with Gasteiger partial charge in [0.1, 0.15) is 11.6 Å². The van der Waals surface area contributed by atoms with Crippen LogP contribution in [-0.2, 0) is 11.2 Å². The van der Waals surface area contributed by atoms with E-state index in [2.05, 4.69) is 10.6 Å². The van der Waals surface area contributed by atoms with Gasteiger partial charge in [0.15, 0.2) is 0 Å². The number of amides is 3. The molecule has 208 valence electrons. The molecular weight excluding hydrogens is 488 g/mol. The van der Waals surface area contributed by atoms with Crippen molar-refractivity contribution in [2.24, 2.45) is 0 Å². The van der Waals surface area contributed by atoms with Gasteiger partial charge in [0.2, 0.25) is 5.91 Å². The zero-order valence-corrected chi connectivity index (χ0v) is 23.0. The molecule has 0 radical (unpaired) electrons. The van der Waals surface area contributed by atoms with Crippen LogP contribution in [0.15, 0.2) is 36.4 Å². The van der Waals surface area contributed by atoms with Crippen LogP contribution in [0.25, 0.3) is 0 Å². The Morgan fingerprint density at radius 1 is 0.868 bits per heavy atom. The van der Waals surface area contributed by atoms with Gasteiger partial charge in [-0.1, -0.05) is 20.8 Å². The van der Waals surface area contributed by atoms with Gasteiger partial charge in [0.25, 0.3) is 11.8 Å². The lowest BCUT2D eigenvalue weighted by Crippen LogP contribution is -2.37. The van der Waals surface area contributed by atoms with Crippen LogP contribution in [0.2, 0.25) is 0 Å². The summed E-state index contributed by atoms with van der Waals surface area (Å²) in [7, 11) is 0. The fraction of sp³-hybridized carbons (Fsp3) is 0.500. The summed E-state index contributed by atoms with van der Waals surface area (Å²) in [6.07, 6.45) is 4.18. The second kappa shape index (κ2) is 15.8. The molecule has 0 heterocycles. The van der Waals surface area contributed by atoms with Gasteiger partial charge in [-0.3, -0.25) is 14.4 Å². The minimum Gasteiger partial charge on any atom is -0.356 e. The summed E-state index contributed by atoms with van der Waals surface area (Å²) in [5.74, 6) is -1.86. The van der Waals surface area contributed by atoms with E-state index in [9.17, 15) is 23.2 Å². The van der Waals surface area contributed by atoms with Crippen LogP contribution in [0.4, 0.5) is 8.78 Å². The first-order valence-electron chi connectivity index (χ1n) is 13.6. The predicted molar refractivity (Wildman–Crippen MR) is 146 cm³/mol. The third-order valence-corrected chi connectivity index (χ3v) is 6.13. The van der Waals surface area contributed by atoms with Crippen molar-refractivity contribution in [2.75, 3.05) is 19.6 Å². The Bertz CT molecular complexity index is 1060. The zero-order chi connectivity index (χ0) is 28.1. The highest BCUT2D eigenvalue weighted by Gasteiger charge is 2.20. The van der Waals surface area contributed by atoms with Gasteiger partial charge < -0.3 is 15.5 Å². The quantitative estimate of drug-likeness (QED) is 0.296. The molecule has 2 aromatic rings. The van der Waals surface area contributed by atoms with E-state index in [1.54, 1.807) is 23.1 Å². The summed E-state index contributed by atoms with van der Waals surface area (Å²) in [6, 6.07) is 8.00. The molecular formula is C30H41F2N3O3. The minimum atomic E-state index is -0.678. The monoisotopic (exact) mass is 529 g/mol. The van der Waals surface area contributed by atoms with Crippen LogP contribution in [0.5, 0.6) is 0 Å². The van der Waals surface area contributed by atoms with Gasteiger partial charge in [0, 0.05) is 49.3 Å². The lowest BCUT2D eigenvalue weighted by molar-refractivity contribution is -0.121. The first-order chi connectivity index (χ1) is 18.2. The molecule has 2 rings (SSSR count). The lowest BCUT2D eigenvalue weighted by atomic mass is 10.00. The molecule has 2 N–H and O–H groups in total. The minimum absolute atomic E-state index is 0.0302. The van der Waals surface area contributed by atoms with Gasteiger partial charge in [-0.15, -0.1) is 0 Å². The molecule has 0 saturated heterocycles. The van der Waals surface area contributed by atoms with Crippen LogP contribution in [0.3, 0.4) is 0 Å². The van der Waals surface area contributed by atoms with Crippen molar-refractivity contribution < 1.29 is 23.2 Å². The first kappa shape index (κ1) is 30.9. The average Bonchev–Trinajstić information content (AvgIpc) is 2.85. The zero-order valence-electron chi connectivity index (χ0n) is 23.0. The summed E-state index contributed by atoms with van der Waals surface area (Å²) < 4.78 is 27.6. The van der Waals surface area contributed by atoms with Crippen molar-refractivity contribution in [3.8, 4) is 0 Å². The van der Waals surface area contributed by atoms with Gasteiger partial charge >= 0.3 is 0 Å². The van der Waals surface area contributed by atoms with E-state index < -0.39 is 17.7 Å². The van der Waals surface area contributed by atoms with Crippen molar-refractivity contribution >= 4 is 17.7 Å². The molecule has 0 bridgehead atoms. The van der Waals surface area contributed by atoms with Crippen molar-refractivity contribution in [1.29, 1.82) is 0 Å². The van der Waals surface area contributed by atoms with Crippen LogP contribution in [-0.4, -0.2) is 48.3 Å². The Morgan fingerprint density at radius 2 is 1.50 bits per heavy atom. The SMILES string of the molecule is CCCC(=O)NCCC[C@H](Cc1cc(F)cc(F)c1)NC(=O)c1cc(C)cc(C(=O)N(CCC)CCC)c1. The van der Waals surface area contributed by atoms with Gasteiger partial charge in [-0.2, -0.15) is 0 Å². The third kappa shape index (κ3) is 10.2. The highest BCUT2D eigenvalue weighted by molar-refractivity contribution is 6.00.